The maximum Gasteiger partial charge on any atom is 0.218 e. The van der Waals surface area contributed by atoms with Crippen molar-refractivity contribution in [3.63, 3.8) is 0 Å². The summed E-state index contributed by atoms with van der Waals surface area (Å²) in [5.41, 5.74) is 7.56. The van der Waals surface area contributed by atoms with Crippen LogP contribution in [0.2, 0.25) is 0 Å². The second-order valence-corrected chi connectivity index (χ2v) is 7.49. The summed E-state index contributed by atoms with van der Waals surface area (Å²) in [5, 5.41) is 0.860. The molecule has 2 N–H and O–H groups in total. The lowest BCUT2D eigenvalue weighted by Gasteiger charge is -2.12. The van der Waals surface area contributed by atoms with Crippen molar-refractivity contribution in [1.29, 1.82) is 0 Å². The van der Waals surface area contributed by atoms with Crippen LogP contribution in [-0.2, 0) is 12.0 Å². The van der Waals surface area contributed by atoms with Crippen molar-refractivity contribution in [1.82, 2.24) is 15.0 Å². The van der Waals surface area contributed by atoms with Gasteiger partial charge in [0.1, 0.15) is 16.5 Å². The number of nitrogens with two attached hydrogens (primary N) is 1. The van der Waals surface area contributed by atoms with Gasteiger partial charge in [-0.2, -0.15) is 0 Å². The molecule has 0 atom stereocenters. The molecule has 0 saturated heterocycles. The van der Waals surface area contributed by atoms with Crippen LogP contribution < -0.4 is 5.73 Å². The maximum absolute atomic E-state index is 5.77. The van der Waals surface area contributed by atoms with Gasteiger partial charge < -0.3 is 10.2 Å². The van der Waals surface area contributed by atoms with Crippen LogP contribution >= 0.6 is 11.3 Å². The number of nitrogens with zero attached hydrogens (tertiary/aromatic N) is 3. The largest absolute Gasteiger partial charge is 0.441 e. The predicted molar refractivity (Wildman–Crippen MR) is 97.4 cm³/mol. The van der Waals surface area contributed by atoms with E-state index in [1.54, 1.807) is 23.7 Å². The van der Waals surface area contributed by atoms with Crippen LogP contribution in [-0.4, -0.2) is 15.0 Å². The zero-order valence-corrected chi connectivity index (χ0v) is 14.8. The Bertz CT molecular complexity index is 858. The fourth-order valence-corrected chi connectivity index (χ4v) is 2.98. The van der Waals surface area contributed by atoms with Crippen molar-refractivity contribution in [3.05, 3.63) is 52.8 Å². The lowest BCUT2D eigenvalue weighted by Crippen LogP contribution is -2.09. The van der Waals surface area contributed by atoms with E-state index in [0.29, 0.717) is 12.4 Å². The lowest BCUT2D eigenvalue weighted by atomic mass is 9.94. The third kappa shape index (κ3) is 3.60. The van der Waals surface area contributed by atoms with Crippen molar-refractivity contribution < 1.29 is 4.42 Å². The molecule has 3 aromatic heterocycles. The fourth-order valence-electron chi connectivity index (χ4n) is 2.13. The minimum Gasteiger partial charge on any atom is -0.441 e. The van der Waals surface area contributed by atoms with Crippen LogP contribution in [0.15, 0.2) is 35.1 Å². The minimum absolute atomic E-state index is 0.0473. The zero-order chi connectivity index (χ0) is 17.2. The van der Waals surface area contributed by atoms with E-state index in [1.165, 1.54) is 0 Å². The first-order valence-electron chi connectivity index (χ1n) is 7.72. The number of oxazole rings is 1. The highest BCUT2D eigenvalue weighted by atomic mass is 32.1. The SMILES string of the molecule is CC(C)(C)c1cnc(C=Cc2cnc(-c3ncccc3CN)s2)o1. The number of thiazole rings is 1. The van der Waals surface area contributed by atoms with E-state index < -0.39 is 0 Å². The zero-order valence-electron chi connectivity index (χ0n) is 14.0. The van der Waals surface area contributed by atoms with Crippen molar-refractivity contribution in [2.24, 2.45) is 5.73 Å². The van der Waals surface area contributed by atoms with Crippen LogP contribution in [0.3, 0.4) is 0 Å². The Hall–Kier alpha value is -2.31. The highest BCUT2D eigenvalue weighted by Crippen LogP contribution is 2.28. The molecule has 24 heavy (non-hydrogen) atoms. The van der Waals surface area contributed by atoms with E-state index >= 15 is 0 Å². The van der Waals surface area contributed by atoms with E-state index in [0.717, 1.165) is 26.9 Å². The highest BCUT2D eigenvalue weighted by molar-refractivity contribution is 7.15. The Morgan fingerprint density at radius 1 is 1.17 bits per heavy atom. The molecular weight excluding hydrogens is 320 g/mol. The molecule has 0 aromatic carbocycles. The summed E-state index contributed by atoms with van der Waals surface area (Å²) in [7, 11) is 0. The van der Waals surface area contributed by atoms with E-state index in [9.17, 15) is 0 Å². The molecule has 0 spiro atoms. The summed E-state index contributed by atoms with van der Waals surface area (Å²) >= 11 is 1.56. The topological polar surface area (TPSA) is 77.8 Å². The van der Waals surface area contributed by atoms with Gasteiger partial charge in [-0.25, -0.2) is 9.97 Å². The van der Waals surface area contributed by atoms with Gasteiger partial charge in [-0.15, -0.1) is 11.3 Å². The van der Waals surface area contributed by atoms with Gasteiger partial charge in [0.15, 0.2) is 0 Å². The molecule has 5 nitrogen and oxygen atoms in total. The van der Waals surface area contributed by atoms with Crippen molar-refractivity contribution in [2.75, 3.05) is 0 Å². The Labute approximate surface area is 145 Å². The Balaban J connectivity index is 1.80. The molecular formula is C18H20N4OS. The second-order valence-electron chi connectivity index (χ2n) is 6.43. The van der Waals surface area contributed by atoms with E-state index in [4.69, 9.17) is 10.2 Å². The van der Waals surface area contributed by atoms with Gasteiger partial charge in [0.05, 0.1) is 6.20 Å². The molecule has 0 unspecified atom stereocenters. The summed E-state index contributed by atoms with van der Waals surface area (Å²) in [6.45, 7) is 6.73. The minimum atomic E-state index is -0.0473. The summed E-state index contributed by atoms with van der Waals surface area (Å²) in [6, 6.07) is 3.86. The number of rotatable bonds is 4. The van der Waals surface area contributed by atoms with Gasteiger partial charge in [0, 0.05) is 35.3 Å². The smallest absolute Gasteiger partial charge is 0.218 e. The van der Waals surface area contributed by atoms with Gasteiger partial charge in [-0.1, -0.05) is 26.8 Å². The van der Waals surface area contributed by atoms with E-state index in [2.05, 4.69) is 35.7 Å². The Morgan fingerprint density at radius 3 is 2.71 bits per heavy atom. The Kier molecular flexibility index (Phi) is 4.59. The summed E-state index contributed by atoms with van der Waals surface area (Å²) in [6.07, 6.45) is 9.16. The van der Waals surface area contributed by atoms with Crippen LogP contribution in [0, 0.1) is 0 Å². The van der Waals surface area contributed by atoms with Gasteiger partial charge in [0.25, 0.3) is 0 Å². The summed E-state index contributed by atoms with van der Waals surface area (Å²) in [4.78, 5) is 14.1. The first kappa shape index (κ1) is 16.5. The summed E-state index contributed by atoms with van der Waals surface area (Å²) < 4.78 is 5.76. The number of hydrogen-bond donors (Lipinski definition) is 1. The first-order chi connectivity index (χ1) is 11.5. The fraction of sp³-hybridized carbons (Fsp3) is 0.278. The lowest BCUT2D eigenvalue weighted by molar-refractivity contribution is 0.403. The average Bonchev–Trinajstić information content (AvgIpc) is 3.21. The average molecular weight is 340 g/mol. The first-order valence-corrected chi connectivity index (χ1v) is 8.53. The van der Waals surface area contributed by atoms with Crippen molar-refractivity contribution in [2.45, 2.75) is 32.7 Å². The molecule has 0 bridgehead atoms. The monoisotopic (exact) mass is 340 g/mol. The molecule has 0 aliphatic carbocycles. The third-order valence-corrected chi connectivity index (χ3v) is 4.46. The van der Waals surface area contributed by atoms with Crippen LogP contribution in [0.1, 0.15) is 42.9 Å². The third-order valence-electron chi connectivity index (χ3n) is 3.49. The molecule has 0 aliphatic rings. The van der Waals surface area contributed by atoms with Crippen LogP contribution in [0.5, 0.6) is 0 Å². The molecule has 0 fully saturated rings. The quantitative estimate of drug-likeness (QED) is 0.773. The molecule has 3 aromatic rings. The highest BCUT2D eigenvalue weighted by Gasteiger charge is 2.18. The van der Waals surface area contributed by atoms with E-state index in [1.807, 2.05) is 30.5 Å². The predicted octanol–water partition coefficient (Wildman–Crippen LogP) is 4.12. The normalized spacial score (nSPS) is 12.2. The molecule has 3 heterocycles. The molecule has 6 heteroatoms. The number of pyridine rings is 1. The molecule has 3 rings (SSSR count). The van der Waals surface area contributed by atoms with Crippen LogP contribution in [0.4, 0.5) is 0 Å². The molecule has 0 aliphatic heterocycles. The molecule has 124 valence electrons. The van der Waals surface area contributed by atoms with Gasteiger partial charge in [0.2, 0.25) is 5.89 Å². The number of hydrogen-bond acceptors (Lipinski definition) is 6. The maximum atomic E-state index is 5.77. The Morgan fingerprint density at radius 2 is 2.00 bits per heavy atom. The van der Waals surface area contributed by atoms with Gasteiger partial charge in [-0.05, 0) is 17.7 Å². The van der Waals surface area contributed by atoms with Crippen LogP contribution in [0.25, 0.3) is 22.9 Å². The molecule has 0 radical (unpaired) electrons. The van der Waals surface area contributed by atoms with E-state index in [-0.39, 0.29) is 5.41 Å². The van der Waals surface area contributed by atoms with Gasteiger partial charge >= 0.3 is 0 Å². The van der Waals surface area contributed by atoms with Gasteiger partial charge in [-0.3, -0.25) is 4.98 Å². The van der Waals surface area contributed by atoms with Crippen molar-refractivity contribution >= 4 is 23.5 Å². The molecule has 0 amide bonds. The molecule has 0 saturated carbocycles. The standard InChI is InChI=1S/C18H20N4OS/c1-18(2,3)14-11-21-15(23-14)7-6-13-10-22-17(24-13)16-12(9-19)5-4-8-20-16/h4-8,10-11H,9,19H2,1-3H3. The van der Waals surface area contributed by atoms with Crippen molar-refractivity contribution in [3.8, 4) is 10.7 Å². The second kappa shape index (κ2) is 6.67. The number of aromatic nitrogens is 3. The summed E-state index contributed by atoms with van der Waals surface area (Å²) in [5.74, 6) is 1.46.